The van der Waals surface area contributed by atoms with Gasteiger partial charge in [-0.25, -0.2) is 0 Å². The minimum Gasteiger partial charge on any atom is -0.497 e. The molecule has 3 aromatic rings. The van der Waals surface area contributed by atoms with E-state index < -0.39 is 6.04 Å². The minimum atomic E-state index is -0.700. The first-order valence-corrected chi connectivity index (χ1v) is 11.3. The van der Waals surface area contributed by atoms with Crippen molar-refractivity contribution in [2.45, 2.75) is 32.9 Å². The van der Waals surface area contributed by atoms with Crippen molar-refractivity contribution in [3.63, 3.8) is 0 Å². The second kappa shape index (κ2) is 11.9. The predicted octanol–water partition coefficient (Wildman–Crippen LogP) is 4.08. The highest BCUT2D eigenvalue weighted by atomic mass is 16.5. The number of likely N-dealkylation sites (N-methyl/N-ethyl adjacent to an activating group) is 1. The summed E-state index contributed by atoms with van der Waals surface area (Å²) < 4.78 is 11.2. The van der Waals surface area contributed by atoms with E-state index in [1.165, 1.54) is 0 Å². The number of carbonyl (C=O) groups excluding carboxylic acids is 2. The Morgan fingerprint density at radius 3 is 2.21 bits per heavy atom. The van der Waals surface area contributed by atoms with Gasteiger partial charge < -0.3 is 19.7 Å². The van der Waals surface area contributed by atoms with Crippen LogP contribution in [-0.4, -0.2) is 43.5 Å². The van der Waals surface area contributed by atoms with E-state index in [1.54, 1.807) is 19.1 Å². The third kappa shape index (κ3) is 6.85. The van der Waals surface area contributed by atoms with E-state index >= 15 is 0 Å². The molecule has 1 unspecified atom stereocenters. The highest BCUT2D eigenvalue weighted by Gasteiger charge is 2.30. The van der Waals surface area contributed by atoms with Crippen LogP contribution in [0.3, 0.4) is 0 Å². The van der Waals surface area contributed by atoms with Gasteiger partial charge in [0.1, 0.15) is 17.5 Å². The molecule has 34 heavy (non-hydrogen) atoms. The SMILES string of the molecule is CNC(=O)C(Cc1ccccc1)N(Cc1cccc(OC)c1)C(=O)COc1cc(C)cc(C)c1. The van der Waals surface area contributed by atoms with Crippen molar-refractivity contribution in [1.82, 2.24) is 10.2 Å². The molecule has 0 radical (unpaired) electrons. The van der Waals surface area contributed by atoms with Crippen molar-refractivity contribution in [2.75, 3.05) is 20.8 Å². The van der Waals surface area contributed by atoms with Gasteiger partial charge in [-0.1, -0.05) is 48.5 Å². The molecular formula is C28H32N2O4. The molecule has 6 heteroatoms. The first-order valence-electron chi connectivity index (χ1n) is 11.3. The maximum Gasteiger partial charge on any atom is 0.261 e. The average Bonchev–Trinajstić information content (AvgIpc) is 2.84. The van der Waals surface area contributed by atoms with Crippen LogP contribution in [0.25, 0.3) is 0 Å². The highest BCUT2D eigenvalue weighted by molar-refractivity contribution is 5.88. The van der Waals surface area contributed by atoms with Crippen LogP contribution in [0.15, 0.2) is 72.8 Å². The molecule has 0 bridgehead atoms. The van der Waals surface area contributed by atoms with E-state index in [2.05, 4.69) is 5.32 Å². The number of hydrogen-bond acceptors (Lipinski definition) is 4. The fraction of sp³-hybridized carbons (Fsp3) is 0.286. The predicted molar refractivity (Wildman–Crippen MR) is 133 cm³/mol. The summed E-state index contributed by atoms with van der Waals surface area (Å²) in [5, 5.41) is 2.72. The van der Waals surface area contributed by atoms with E-state index in [1.807, 2.05) is 86.6 Å². The molecule has 0 saturated carbocycles. The largest absolute Gasteiger partial charge is 0.497 e. The zero-order valence-electron chi connectivity index (χ0n) is 20.2. The van der Waals surface area contributed by atoms with Crippen LogP contribution < -0.4 is 14.8 Å². The Bertz CT molecular complexity index is 1090. The highest BCUT2D eigenvalue weighted by Crippen LogP contribution is 2.20. The lowest BCUT2D eigenvalue weighted by Gasteiger charge is -2.31. The molecule has 6 nitrogen and oxygen atoms in total. The fourth-order valence-corrected chi connectivity index (χ4v) is 3.93. The van der Waals surface area contributed by atoms with Gasteiger partial charge in [0.2, 0.25) is 5.91 Å². The van der Waals surface area contributed by atoms with Crippen LogP contribution in [0.1, 0.15) is 22.3 Å². The van der Waals surface area contributed by atoms with Crippen molar-refractivity contribution < 1.29 is 19.1 Å². The Labute approximate surface area is 201 Å². The van der Waals surface area contributed by atoms with Gasteiger partial charge in [0.15, 0.2) is 6.61 Å². The number of ether oxygens (including phenoxy) is 2. The first kappa shape index (κ1) is 24.8. The number of benzene rings is 3. The molecule has 3 aromatic carbocycles. The van der Waals surface area contributed by atoms with Gasteiger partial charge in [0, 0.05) is 20.0 Å². The number of carbonyl (C=O) groups is 2. The van der Waals surface area contributed by atoms with Gasteiger partial charge in [-0.3, -0.25) is 9.59 Å². The van der Waals surface area contributed by atoms with E-state index in [4.69, 9.17) is 9.47 Å². The Balaban J connectivity index is 1.89. The summed E-state index contributed by atoms with van der Waals surface area (Å²) in [4.78, 5) is 28.0. The molecule has 0 saturated heterocycles. The smallest absolute Gasteiger partial charge is 0.261 e. The van der Waals surface area contributed by atoms with E-state index in [9.17, 15) is 9.59 Å². The van der Waals surface area contributed by atoms with Gasteiger partial charge in [0.25, 0.3) is 5.91 Å². The summed E-state index contributed by atoms with van der Waals surface area (Å²) in [6.45, 7) is 4.04. The molecule has 2 amide bonds. The Kier molecular flexibility index (Phi) is 8.68. The molecule has 0 aromatic heterocycles. The van der Waals surface area contributed by atoms with Gasteiger partial charge in [-0.15, -0.1) is 0 Å². The monoisotopic (exact) mass is 460 g/mol. The van der Waals surface area contributed by atoms with Gasteiger partial charge in [-0.2, -0.15) is 0 Å². The average molecular weight is 461 g/mol. The van der Waals surface area contributed by atoms with Gasteiger partial charge >= 0.3 is 0 Å². The summed E-state index contributed by atoms with van der Waals surface area (Å²) in [6, 6.07) is 22.3. The standard InChI is InChI=1S/C28H32N2O4/c1-20-13-21(2)15-25(14-20)34-19-27(31)30(18-23-11-8-12-24(16-23)33-4)26(28(32)29-3)17-22-9-6-5-7-10-22/h5-16,26H,17-19H2,1-4H3,(H,29,32). The normalized spacial score (nSPS) is 11.4. The van der Waals surface area contributed by atoms with Crippen LogP contribution >= 0.6 is 0 Å². The molecule has 0 spiro atoms. The quantitative estimate of drug-likeness (QED) is 0.495. The summed E-state index contributed by atoms with van der Waals surface area (Å²) in [5.41, 5.74) is 3.95. The molecule has 178 valence electrons. The van der Waals surface area contributed by atoms with Gasteiger partial charge in [-0.05, 0) is 60.4 Å². The van der Waals surface area contributed by atoms with Gasteiger partial charge in [0.05, 0.1) is 7.11 Å². The Hall–Kier alpha value is -3.80. The minimum absolute atomic E-state index is 0.171. The Morgan fingerprint density at radius 2 is 1.56 bits per heavy atom. The maximum atomic E-state index is 13.5. The lowest BCUT2D eigenvalue weighted by molar-refractivity contribution is -0.142. The first-order chi connectivity index (χ1) is 16.4. The zero-order valence-corrected chi connectivity index (χ0v) is 20.2. The molecule has 0 heterocycles. The van der Waals surface area contributed by atoms with Crippen LogP contribution in [0.5, 0.6) is 11.5 Å². The number of amides is 2. The molecule has 1 atom stereocenters. The summed E-state index contributed by atoms with van der Waals surface area (Å²) in [7, 11) is 3.18. The van der Waals surface area contributed by atoms with Crippen LogP contribution in [0.2, 0.25) is 0 Å². The van der Waals surface area contributed by atoms with Crippen LogP contribution in [0, 0.1) is 13.8 Å². The zero-order chi connectivity index (χ0) is 24.5. The molecule has 0 aliphatic rings. The second-order valence-corrected chi connectivity index (χ2v) is 8.31. The Morgan fingerprint density at radius 1 is 0.882 bits per heavy atom. The lowest BCUT2D eigenvalue weighted by atomic mass is 10.0. The van der Waals surface area contributed by atoms with Crippen molar-refractivity contribution in [2.24, 2.45) is 0 Å². The summed E-state index contributed by atoms with van der Waals surface area (Å²) >= 11 is 0. The molecule has 1 N–H and O–H groups in total. The van der Waals surface area contributed by atoms with Crippen molar-refractivity contribution >= 4 is 11.8 Å². The number of methoxy groups -OCH3 is 1. The molecule has 0 aliphatic carbocycles. The van der Waals surface area contributed by atoms with E-state index in [0.717, 1.165) is 22.3 Å². The molecule has 0 fully saturated rings. The fourth-order valence-electron chi connectivity index (χ4n) is 3.93. The summed E-state index contributed by atoms with van der Waals surface area (Å²) in [6.07, 6.45) is 0.389. The molecule has 3 rings (SSSR count). The summed E-state index contributed by atoms with van der Waals surface area (Å²) in [5.74, 6) is 0.820. The van der Waals surface area contributed by atoms with Crippen molar-refractivity contribution in [3.05, 3.63) is 95.1 Å². The van der Waals surface area contributed by atoms with Crippen molar-refractivity contribution in [3.8, 4) is 11.5 Å². The molecular weight excluding hydrogens is 428 g/mol. The van der Waals surface area contributed by atoms with Crippen molar-refractivity contribution in [1.29, 1.82) is 0 Å². The third-order valence-electron chi connectivity index (χ3n) is 5.56. The van der Waals surface area contributed by atoms with Crippen LogP contribution in [0.4, 0.5) is 0 Å². The van der Waals surface area contributed by atoms with Crippen LogP contribution in [-0.2, 0) is 22.6 Å². The lowest BCUT2D eigenvalue weighted by Crippen LogP contribution is -2.51. The number of hydrogen-bond donors (Lipinski definition) is 1. The number of rotatable bonds is 10. The number of aryl methyl sites for hydroxylation is 2. The second-order valence-electron chi connectivity index (χ2n) is 8.31. The van der Waals surface area contributed by atoms with E-state index in [0.29, 0.717) is 17.9 Å². The number of nitrogens with one attached hydrogen (secondary N) is 1. The topological polar surface area (TPSA) is 67.9 Å². The number of nitrogens with zero attached hydrogens (tertiary/aromatic N) is 1. The third-order valence-corrected chi connectivity index (χ3v) is 5.56. The van der Waals surface area contributed by atoms with E-state index in [-0.39, 0.29) is 25.0 Å². The molecule has 0 aliphatic heterocycles. The maximum absolute atomic E-state index is 13.5.